The van der Waals surface area contributed by atoms with Crippen LogP contribution in [0.25, 0.3) is 0 Å². The molecule has 0 saturated carbocycles. The SMILES string of the molecule is Cc1cc(C)c(C(N)Cc2cccc(F)c2F)cc1C. The zero-order valence-electron chi connectivity index (χ0n) is 12.0. The molecule has 1 nitrogen and oxygen atoms in total. The standard InChI is InChI=1S/C17H19F2N/c1-10-7-12(3)14(8-11(10)2)16(20)9-13-5-4-6-15(18)17(13)19/h4-8,16H,9,20H2,1-3H3. The summed E-state index contributed by atoms with van der Waals surface area (Å²) in [5.41, 5.74) is 10.9. The average molecular weight is 275 g/mol. The van der Waals surface area contributed by atoms with E-state index in [1.165, 1.54) is 11.6 Å². The van der Waals surface area contributed by atoms with Gasteiger partial charge in [-0.05, 0) is 61.1 Å². The molecule has 0 amide bonds. The van der Waals surface area contributed by atoms with E-state index in [4.69, 9.17) is 5.73 Å². The lowest BCUT2D eigenvalue weighted by atomic mass is 9.92. The number of aryl methyl sites for hydroxylation is 3. The largest absolute Gasteiger partial charge is 0.324 e. The summed E-state index contributed by atoms with van der Waals surface area (Å²) in [6.07, 6.45) is 0.285. The Labute approximate surface area is 118 Å². The van der Waals surface area contributed by atoms with Crippen LogP contribution in [0.3, 0.4) is 0 Å². The van der Waals surface area contributed by atoms with Gasteiger partial charge >= 0.3 is 0 Å². The second-order valence-corrected chi connectivity index (χ2v) is 5.32. The Bertz CT molecular complexity index is 635. The maximum Gasteiger partial charge on any atom is 0.162 e. The molecule has 2 N–H and O–H groups in total. The minimum Gasteiger partial charge on any atom is -0.324 e. The van der Waals surface area contributed by atoms with Crippen LogP contribution >= 0.6 is 0 Å². The Morgan fingerprint density at radius 1 is 1.00 bits per heavy atom. The maximum absolute atomic E-state index is 13.7. The molecule has 1 atom stereocenters. The number of nitrogens with two attached hydrogens (primary N) is 1. The van der Waals surface area contributed by atoms with Gasteiger partial charge in [0, 0.05) is 6.04 Å². The second kappa shape index (κ2) is 5.71. The zero-order chi connectivity index (χ0) is 14.9. The van der Waals surface area contributed by atoms with Crippen LogP contribution in [-0.4, -0.2) is 0 Å². The fraction of sp³-hybridized carbons (Fsp3) is 0.294. The molecule has 2 rings (SSSR count). The van der Waals surface area contributed by atoms with Gasteiger partial charge in [0.15, 0.2) is 11.6 Å². The van der Waals surface area contributed by atoms with Gasteiger partial charge in [0.2, 0.25) is 0 Å². The summed E-state index contributed by atoms with van der Waals surface area (Å²) in [4.78, 5) is 0. The molecule has 0 bridgehead atoms. The van der Waals surface area contributed by atoms with Crippen molar-refractivity contribution in [3.05, 3.63) is 69.8 Å². The molecule has 2 aromatic rings. The van der Waals surface area contributed by atoms with E-state index in [1.54, 1.807) is 6.07 Å². The molecule has 0 saturated heterocycles. The van der Waals surface area contributed by atoms with Crippen LogP contribution in [-0.2, 0) is 6.42 Å². The Morgan fingerprint density at radius 2 is 1.65 bits per heavy atom. The van der Waals surface area contributed by atoms with Gasteiger partial charge in [0.1, 0.15) is 0 Å². The number of benzene rings is 2. The van der Waals surface area contributed by atoms with E-state index in [0.717, 1.165) is 22.8 Å². The maximum atomic E-state index is 13.7. The van der Waals surface area contributed by atoms with Gasteiger partial charge in [-0.1, -0.05) is 24.3 Å². The van der Waals surface area contributed by atoms with Gasteiger partial charge < -0.3 is 5.73 Å². The average Bonchev–Trinajstić information content (AvgIpc) is 2.39. The first kappa shape index (κ1) is 14.7. The zero-order valence-corrected chi connectivity index (χ0v) is 12.0. The smallest absolute Gasteiger partial charge is 0.162 e. The van der Waals surface area contributed by atoms with Gasteiger partial charge in [-0.25, -0.2) is 8.78 Å². The first-order chi connectivity index (χ1) is 9.40. The molecular formula is C17H19F2N. The van der Waals surface area contributed by atoms with Crippen molar-refractivity contribution in [1.29, 1.82) is 0 Å². The minimum absolute atomic E-state index is 0.285. The van der Waals surface area contributed by atoms with E-state index in [-0.39, 0.29) is 12.5 Å². The lowest BCUT2D eigenvalue weighted by Crippen LogP contribution is -2.16. The van der Waals surface area contributed by atoms with Gasteiger partial charge in [-0.2, -0.15) is 0 Å². The molecule has 0 radical (unpaired) electrons. The third-order valence-corrected chi connectivity index (χ3v) is 3.75. The van der Waals surface area contributed by atoms with Crippen molar-refractivity contribution in [1.82, 2.24) is 0 Å². The van der Waals surface area contributed by atoms with Crippen molar-refractivity contribution in [2.75, 3.05) is 0 Å². The van der Waals surface area contributed by atoms with Crippen molar-refractivity contribution in [3.8, 4) is 0 Å². The summed E-state index contributed by atoms with van der Waals surface area (Å²) in [6, 6.07) is 7.97. The molecule has 0 aliphatic heterocycles. The van der Waals surface area contributed by atoms with Crippen LogP contribution in [0, 0.1) is 32.4 Å². The first-order valence-electron chi connectivity index (χ1n) is 6.66. The lowest BCUT2D eigenvalue weighted by Gasteiger charge is -2.17. The normalized spacial score (nSPS) is 12.5. The molecular weight excluding hydrogens is 256 g/mol. The summed E-state index contributed by atoms with van der Waals surface area (Å²) >= 11 is 0. The highest BCUT2D eigenvalue weighted by atomic mass is 19.2. The number of halogens is 2. The third kappa shape index (κ3) is 2.88. The number of rotatable bonds is 3. The monoisotopic (exact) mass is 275 g/mol. The molecule has 0 fully saturated rings. The third-order valence-electron chi connectivity index (χ3n) is 3.75. The van der Waals surface area contributed by atoms with Gasteiger partial charge in [-0.15, -0.1) is 0 Å². The molecule has 0 spiro atoms. The molecule has 3 heteroatoms. The second-order valence-electron chi connectivity index (χ2n) is 5.32. The molecule has 0 heterocycles. The van der Waals surface area contributed by atoms with Gasteiger partial charge in [0.25, 0.3) is 0 Å². The Hall–Kier alpha value is -1.74. The van der Waals surface area contributed by atoms with Crippen LogP contribution in [0.1, 0.15) is 33.9 Å². The van der Waals surface area contributed by atoms with Crippen molar-refractivity contribution >= 4 is 0 Å². The highest BCUT2D eigenvalue weighted by Gasteiger charge is 2.15. The van der Waals surface area contributed by atoms with Crippen molar-refractivity contribution < 1.29 is 8.78 Å². The van der Waals surface area contributed by atoms with Crippen LogP contribution in [0.15, 0.2) is 30.3 Å². The fourth-order valence-corrected chi connectivity index (χ4v) is 2.44. The molecule has 20 heavy (non-hydrogen) atoms. The topological polar surface area (TPSA) is 26.0 Å². The van der Waals surface area contributed by atoms with E-state index in [9.17, 15) is 8.78 Å². The predicted octanol–water partition coefficient (Wildman–Crippen LogP) is 4.13. The molecule has 1 unspecified atom stereocenters. The molecule has 0 aromatic heterocycles. The highest BCUT2D eigenvalue weighted by molar-refractivity contribution is 5.39. The summed E-state index contributed by atoms with van der Waals surface area (Å²) in [7, 11) is 0. The quantitative estimate of drug-likeness (QED) is 0.895. The lowest BCUT2D eigenvalue weighted by molar-refractivity contribution is 0.494. The fourth-order valence-electron chi connectivity index (χ4n) is 2.44. The van der Waals surface area contributed by atoms with Crippen LogP contribution in [0.4, 0.5) is 8.78 Å². The summed E-state index contributed by atoms with van der Waals surface area (Å²) in [5.74, 6) is -1.63. The van der Waals surface area contributed by atoms with E-state index < -0.39 is 11.6 Å². The van der Waals surface area contributed by atoms with Crippen LogP contribution < -0.4 is 5.73 Å². The van der Waals surface area contributed by atoms with E-state index in [2.05, 4.69) is 6.07 Å². The molecule has 106 valence electrons. The van der Waals surface area contributed by atoms with Crippen molar-refractivity contribution in [2.24, 2.45) is 5.73 Å². The molecule has 0 aliphatic carbocycles. The highest BCUT2D eigenvalue weighted by Crippen LogP contribution is 2.24. The first-order valence-corrected chi connectivity index (χ1v) is 6.66. The van der Waals surface area contributed by atoms with Gasteiger partial charge in [-0.3, -0.25) is 0 Å². The number of hydrogen-bond donors (Lipinski definition) is 1. The van der Waals surface area contributed by atoms with Crippen LogP contribution in [0.5, 0.6) is 0 Å². The van der Waals surface area contributed by atoms with Crippen LogP contribution in [0.2, 0.25) is 0 Å². The predicted molar refractivity (Wildman–Crippen MR) is 77.6 cm³/mol. The molecule has 2 aromatic carbocycles. The van der Waals surface area contributed by atoms with Crippen molar-refractivity contribution in [2.45, 2.75) is 33.2 Å². The van der Waals surface area contributed by atoms with E-state index in [0.29, 0.717) is 5.56 Å². The van der Waals surface area contributed by atoms with Gasteiger partial charge in [0.05, 0.1) is 0 Å². The number of hydrogen-bond acceptors (Lipinski definition) is 1. The van der Waals surface area contributed by atoms with Crippen molar-refractivity contribution in [3.63, 3.8) is 0 Å². The Morgan fingerprint density at radius 3 is 2.35 bits per heavy atom. The summed E-state index contributed by atoms with van der Waals surface area (Å²) in [6.45, 7) is 6.06. The minimum atomic E-state index is -0.827. The Balaban J connectivity index is 2.31. The van der Waals surface area contributed by atoms with E-state index in [1.807, 2.05) is 26.8 Å². The summed E-state index contributed by atoms with van der Waals surface area (Å²) < 4.78 is 26.9. The summed E-state index contributed by atoms with van der Waals surface area (Å²) in [5, 5.41) is 0. The molecule has 0 aliphatic rings. The van der Waals surface area contributed by atoms with E-state index >= 15 is 0 Å². The Kier molecular flexibility index (Phi) is 4.19.